The van der Waals surface area contributed by atoms with Crippen molar-refractivity contribution >= 4 is 0 Å². The molecular formula is C19H23N. The number of hydrogen-bond acceptors (Lipinski definition) is 1. The van der Waals surface area contributed by atoms with Crippen molar-refractivity contribution in [1.29, 1.82) is 0 Å². The number of nitrogens with one attached hydrogen (secondary N) is 1. The van der Waals surface area contributed by atoms with Gasteiger partial charge in [-0.25, -0.2) is 0 Å². The molecule has 104 valence electrons. The molecule has 1 N–H and O–H groups in total. The molecule has 1 heteroatoms. The lowest BCUT2D eigenvalue weighted by Crippen LogP contribution is -2.33. The molecule has 2 atom stereocenters. The number of likely N-dealkylation sites (N-methyl/N-ethyl adjacent to an activating group) is 1. The van der Waals surface area contributed by atoms with Crippen molar-refractivity contribution in [3.63, 3.8) is 0 Å². The molecule has 0 heterocycles. The molecule has 2 unspecified atom stereocenters. The number of rotatable bonds is 4. The first-order chi connectivity index (χ1) is 9.70. The first kappa shape index (κ1) is 13.4. The topological polar surface area (TPSA) is 12.0 Å². The summed E-state index contributed by atoms with van der Waals surface area (Å²) in [5.74, 6) is 0.617. The van der Waals surface area contributed by atoms with E-state index in [0.717, 1.165) is 6.54 Å². The minimum atomic E-state index is 0.440. The molecule has 0 aromatic heterocycles. The fraction of sp³-hybridized carbons (Fsp3) is 0.368. The Morgan fingerprint density at radius 3 is 2.70 bits per heavy atom. The SMILES string of the molecule is CCNC(c1cc(C)ccc1C)C1Cc2ccccc21. The second kappa shape index (κ2) is 5.41. The summed E-state index contributed by atoms with van der Waals surface area (Å²) < 4.78 is 0. The molecule has 0 radical (unpaired) electrons. The van der Waals surface area contributed by atoms with Crippen LogP contribution >= 0.6 is 0 Å². The molecule has 0 bridgehead atoms. The van der Waals surface area contributed by atoms with Gasteiger partial charge in [0.25, 0.3) is 0 Å². The highest BCUT2D eigenvalue weighted by atomic mass is 14.9. The fourth-order valence-electron chi connectivity index (χ4n) is 3.38. The lowest BCUT2D eigenvalue weighted by atomic mass is 9.71. The van der Waals surface area contributed by atoms with Crippen molar-refractivity contribution in [3.05, 3.63) is 70.3 Å². The average Bonchev–Trinajstić information content (AvgIpc) is 2.42. The molecule has 1 nitrogen and oxygen atoms in total. The molecule has 0 saturated heterocycles. The van der Waals surface area contributed by atoms with Crippen molar-refractivity contribution in [3.8, 4) is 0 Å². The van der Waals surface area contributed by atoms with Gasteiger partial charge in [-0.2, -0.15) is 0 Å². The minimum absolute atomic E-state index is 0.440. The van der Waals surface area contributed by atoms with Crippen LogP contribution in [0.1, 0.15) is 46.7 Å². The highest BCUT2D eigenvalue weighted by Gasteiger charge is 2.33. The standard InChI is InChI=1S/C19H23N/c1-4-20-19(17-11-13(2)9-10-14(17)3)18-12-15-7-5-6-8-16(15)18/h5-11,18-20H,4,12H2,1-3H3. The van der Waals surface area contributed by atoms with Crippen LogP contribution in [0.3, 0.4) is 0 Å². The van der Waals surface area contributed by atoms with Crippen molar-refractivity contribution < 1.29 is 0 Å². The summed E-state index contributed by atoms with van der Waals surface area (Å²) in [6.45, 7) is 7.61. The quantitative estimate of drug-likeness (QED) is 0.869. The highest BCUT2D eigenvalue weighted by Crippen LogP contribution is 2.44. The Morgan fingerprint density at radius 2 is 1.95 bits per heavy atom. The van der Waals surface area contributed by atoms with Crippen LogP contribution < -0.4 is 5.32 Å². The van der Waals surface area contributed by atoms with Crippen LogP contribution in [0.5, 0.6) is 0 Å². The fourth-order valence-corrected chi connectivity index (χ4v) is 3.38. The molecule has 1 aliphatic carbocycles. The molecule has 3 rings (SSSR count). The van der Waals surface area contributed by atoms with Crippen LogP contribution in [0.15, 0.2) is 42.5 Å². The minimum Gasteiger partial charge on any atom is -0.310 e. The normalized spacial score (nSPS) is 18.2. The van der Waals surface area contributed by atoms with E-state index in [1.54, 1.807) is 0 Å². The van der Waals surface area contributed by atoms with Crippen molar-refractivity contribution in [2.24, 2.45) is 0 Å². The van der Waals surface area contributed by atoms with E-state index in [2.05, 4.69) is 68.6 Å². The largest absolute Gasteiger partial charge is 0.310 e. The maximum absolute atomic E-state index is 3.71. The Bertz CT molecular complexity index is 615. The number of fused-ring (bicyclic) bond motifs is 1. The van der Waals surface area contributed by atoms with E-state index in [1.807, 2.05) is 0 Å². The van der Waals surface area contributed by atoms with Crippen LogP contribution in [0, 0.1) is 13.8 Å². The zero-order chi connectivity index (χ0) is 14.1. The summed E-state index contributed by atoms with van der Waals surface area (Å²) >= 11 is 0. The molecule has 0 amide bonds. The van der Waals surface area contributed by atoms with Gasteiger partial charge >= 0.3 is 0 Å². The van der Waals surface area contributed by atoms with Gasteiger partial charge in [0.05, 0.1) is 0 Å². The summed E-state index contributed by atoms with van der Waals surface area (Å²) in [5, 5.41) is 3.71. The lowest BCUT2D eigenvalue weighted by molar-refractivity contribution is 0.418. The molecular weight excluding hydrogens is 242 g/mol. The number of aryl methyl sites for hydroxylation is 2. The maximum atomic E-state index is 3.71. The maximum Gasteiger partial charge on any atom is 0.0395 e. The van der Waals surface area contributed by atoms with E-state index in [-0.39, 0.29) is 0 Å². The zero-order valence-electron chi connectivity index (χ0n) is 12.6. The van der Waals surface area contributed by atoms with Crippen molar-refractivity contribution in [2.45, 2.75) is 39.2 Å². The molecule has 1 aliphatic rings. The van der Waals surface area contributed by atoms with Gasteiger partial charge in [0.2, 0.25) is 0 Å². The third-order valence-corrected chi connectivity index (χ3v) is 4.49. The average molecular weight is 265 g/mol. The van der Waals surface area contributed by atoms with E-state index < -0.39 is 0 Å². The van der Waals surface area contributed by atoms with Gasteiger partial charge in [0, 0.05) is 12.0 Å². The second-order valence-corrected chi connectivity index (χ2v) is 5.90. The van der Waals surface area contributed by atoms with E-state index in [9.17, 15) is 0 Å². The van der Waals surface area contributed by atoms with Gasteiger partial charge in [-0.05, 0) is 49.1 Å². The van der Waals surface area contributed by atoms with Crippen LogP contribution in [0.2, 0.25) is 0 Å². The Labute approximate surface area is 122 Å². The first-order valence-corrected chi connectivity index (χ1v) is 7.59. The van der Waals surface area contributed by atoms with E-state index in [4.69, 9.17) is 0 Å². The Balaban J connectivity index is 1.97. The zero-order valence-corrected chi connectivity index (χ0v) is 12.6. The smallest absolute Gasteiger partial charge is 0.0395 e. The molecule has 0 fully saturated rings. The van der Waals surface area contributed by atoms with Gasteiger partial charge in [-0.1, -0.05) is 55.0 Å². The molecule has 0 saturated carbocycles. The predicted octanol–water partition coefficient (Wildman–Crippen LogP) is 4.29. The summed E-state index contributed by atoms with van der Waals surface area (Å²) in [6, 6.07) is 16.1. The molecule has 0 spiro atoms. The Morgan fingerprint density at radius 1 is 1.15 bits per heavy atom. The van der Waals surface area contributed by atoms with Gasteiger partial charge in [0.15, 0.2) is 0 Å². The highest BCUT2D eigenvalue weighted by molar-refractivity contribution is 5.45. The third kappa shape index (κ3) is 2.27. The van der Waals surface area contributed by atoms with Gasteiger partial charge in [-0.15, -0.1) is 0 Å². The van der Waals surface area contributed by atoms with Gasteiger partial charge in [0.1, 0.15) is 0 Å². The lowest BCUT2D eigenvalue weighted by Gasteiger charge is -2.38. The second-order valence-electron chi connectivity index (χ2n) is 5.90. The van der Waals surface area contributed by atoms with Crippen molar-refractivity contribution in [1.82, 2.24) is 5.32 Å². The number of hydrogen-bond donors (Lipinski definition) is 1. The Hall–Kier alpha value is -1.60. The van der Waals surface area contributed by atoms with Crippen LogP contribution in [0.4, 0.5) is 0 Å². The Kier molecular flexibility index (Phi) is 3.62. The molecule has 2 aromatic carbocycles. The van der Waals surface area contributed by atoms with Crippen LogP contribution in [0.25, 0.3) is 0 Å². The summed E-state index contributed by atoms with van der Waals surface area (Å²) in [7, 11) is 0. The number of benzene rings is 2. The van der Waals surface area contributed by atoms with E-state index >= 15 is 0 Å². The van der Waals surface area contributed by atoms with E-state index in [0.29, 0.717) is 12.0 Å². The first-order valence-electron chi connectivity index (χ1n) is 7.59. The van der Waals surface area contributed by atoms with Crippen LogP contribution in [-0.2, 0) is 6.42 Å². The van der Waals surface area contributed by atoms with Gasteiger partial charge in [-0.3, -0.25) is 0 Å². The summed E-state index contributed by atoms with van der Waals surface area (Å²) in [5.41, 5.74) is 7.25. The van der Waals surface area contributed by atoms with Crippen LogP contribution in [-0.4, -0.2) is 6.54 Å². The molecule has 2 aromatic rings. The monoisotopic (exact) mass is 265 g/mol. The third-order valence-electron chi connectivity index (χ3n) is 4.49. The summed E-state index contributed by atoms with van der Waals surface area (Å²) in [4.78, 5) is 0. The van der Waals surface area contributed by atoms with E-state index in [1.165, 1.54) is 34.2 Å². The molecule has 0 aliphatic heterocycles. The molecule has 20 heavy (non-hydrogen) atoms. The summed E-state index contributed by atoms with van der Waals surface area (Å²) in [6.07, 6.45) is 1.20. The van der Waals surface area contributed by atoms with Gasteiger partial charge < -0.3 is 5.32 Å². The predicted molar refractivity (Wildman–Crippen MR) is 85.2 cm³/mol. The van der Waals surface area contributed by atoms with Crippen molar-refractivity contribution in [2.75, 3.05) is 6.54 Å².